The number of hydrogen-bond donors (Lipinski definition) is 2. The Morgan fingerprint density at radius 2 is 0.881 bits per heavy atom. The summed E-state index contributed by atoms with van der Waals surface area (Å²) in [6.45, 7) is 19.4. The Morgan fingerprint density at radius 3 is 1.35 bits per heavy atom. The molecule has 109 heavy (non-hydrogen) atoms. The summed E-state index contributed by atoms with van der Waals surface area (Å²) in [6.07, 6.45) is -5.87. The van der Waals surface area contributed by atoms with Crippen LogP contribution in [0.2, 0.25) is 0 Å². The van der Waals surface area contributed by atoms with Gasteiger partial charge in [0.05, 0.1) is 78.8 Å². The number of hydrogen-bond acceptors (Lipinski definition) is 31. The average molecular weight is 1510 g/mol. The minimum atomic E-state index is -1.39. The second-order valence-corrected chi connectivity index (χ2v) is 27.8. The lowest BCUT2D eigenvalue weighted by Crippen LogP contribution is -2.62. The molecule has 34 heteroatoms. The summed E-state index contributed by atoms with van der Waals surface area (Å²) in [5.74, 6) is -1.37. The zero-order valence-corrected chi connectivity index (χ0v) is 61.9. The van der Waals surface area contributed by atoms with Gasteiger partial charge in [0, 0.05) is 71.5 Å². The van der Waals surface area contributed by atoms with Crippen LogP contribution in [0.5, 0.6) is 23.0 Å². The van der Waals surface area contributed by atoms with Crippen molar-refractivity contribution in [1.82, 2.24) is 54.9 Å². The van der Waals surface area contributed by atoms with Crippen molar-refractivity contribution in [2.75, 3.05) is 92.5 Å². The second-order valence-electron chi connectivity index (χ2n) is 27.8. The summed E-state index contributed by atoms with van der Waals surface area (Å²) < 4.78 is 114. The number of nitrogens with zero attached hydrogens (tertiary/aromatic N) is 9. The van der Waals surface area contributed by atoms with Gasteiger partial charge in [0.1, 0.15) is 109 Å². The molecule has 2 N–H and O–H groups in total. The van der Waals surface area contributed by atoms with Gasteiger partial charge in [-0.15, -0.1) is 5.10 Å². The highest BCUT2D eigenvalue weighted by Crippen LogP contribution is 2.42. The van der Waals surface area contributed by atoms with Crippen LogP contribution in [0.15, 0.2) is 79.0 Å². The molecule has 3 unspecified atom stereocenters. The maximum Gasteiger partial charge on any atom is 0.303 e. The minimum Gasteiger partial charge on any atom is -0.491 e. The highest BCUT2D eigenvalue weighted by atomic mass is 16.8. The molecule has 0 aliphatic carbocycles. The van der Waals surface area contributed by atoms with Gasteiger partial charge in [0.2, 0.25) is 0 Å². The number of aromatic nitrogens is 11. The van der Waals surface area contributed by atoms with E-state index < -0.39 is 78.6 Å². The van der Waals surface area contributed by atoms with Crippen LogP contribution in [0, 0.1) is 0 Å². The van der Waals surface area contributed by atoms with E-state index in [4.69, 9.17) is 120 Å². The molecule has 4 aromatic heterocycles. The maximum atomic E-state index is 12.2. The summed E-state index contributed by atoms with van der Waals surface area (Å²) in [5.41, 5.74) is 4.89. The largest absolute Gasteiger partial charge is 0.491 e. The smallest absolute Gasteiger partial charge is 0.303 e. The van der Waals surface area contributed by atoms with Crippen LogP contribution in [0.1, 0.15) is 74.9 Å². The average Bonchev–Trinajstić information content (AvgIpc) is 1.60. The van der Waals surface area contributed by atoms with Gasteiger partial charge in [0.15, 0.2) is 65.3 Å². The zero-order valence-electron chi connectivity index (χ0n) is 61.9. The number of esters is 4. The van der Waals surface area contributed by atoms with Gasteiger partial charge in [0.25, 0.3) is 0 Å². The number of carbonyl (C=O) groups is 4. The normalized spacial score (nSPS) is 21.6. The van der Waals surface area contributed by atoms with Gasteiger partial charge < -0.3 is 100.0 Å². The van der Waals surface area contributed by atoms with Gasteiger partial charge in [-0.3, -0.25) is 19.2 Å². The number of carbonyl (C=O) groups excluding carboxylic acids is 4. The van der Waals surface area contributed by atoms with Crippen LogP contribution in [0.3, 0.4) is 0 Å². The van der Waals surface area contributed by atoms with E-state index in [0.29, 0.717) is 147 Å². The quantitative estimate of drug-likeness (QED) is 0.0246. The Morgan fingerprint density at radius 1 is 0.459 bits per heavy atom. The van der Waals surface area contributed by atoms with E-state index in [2.05, 4.69) is 20.3 Å². The van der Waals surface area contributed by atoms with Crippen molar-refractivity contribution in [2.24, 2.45) is 0 Å². The van der Waals surface area contributed by atoms with E-state index in [1.54, 1.807) is 10.9 Å². The van der Waals surface area contributed by atoms with Crippen molar-refractivity contribution >= 4 is 68.0 Å². The fraction of sp³-hybridized carbons (Fsp3) is 0.493. The molecular formula is C75H85N11O23. The molecule has 0 spiro atoms. The number of fused-ring (bicyclic) bond motifs is 20. The first-order valence-corrected chi connectivity index (χ1v) is 35.8. The van der Waals surface area contributed by atoms with Crippen molar-refractivity contribution in [3.63, 3.8) is 0 Å². The van der Waals surface area contributed by atoms with E-state index >= 15 is 0 Å². The first-order chi connectivity index (χ1) is 52.4. The lowest BCUT2D eigenvalue weighted by atomic mass is 9.98. The van der Waals surface area contributed by atoms with E-state index in [9.17, 15) is 19.2 Å². The van der Waals surface area contributed by atoms with Crippen LogP contribution in [0.4, 0.5) is 0 Å². The molecule has 0 amide bonds. The highest BCUT2D eigenvalue weighted by molar-refractivity contribution is 6.07. The van der Waals surface area contributed by atoms with E-state index in [-0.39, 0.29) is 77.8 Å². The van der Waals surface area contributed by atoms with Crippen molar-refractivity contribution in [1.29, 1.82) is 0 Å². The third-order valence-corrected chi connectivity index (χ3v) is 17.9. The topological polar surface area (TPSA) is 383 Å². The van der Waals surface area contributed by atoms with Gasteiger partial charge in [-0.25, -0.2) is 34.6 Å². The van der Waals surface area contributed by atoms with E-state index in [0.717, 1.165) is 31.5 Å². The Kier molecular flexibility index (Phi) is 22.7. The Balaban J connectivity index is 0.654. The number of rotatable bonds is 30. The van der Waals surface area contributed by atoms with Crippen molar-refractivity contribution in [3.8, 4) is 68.5 Å². The Hall–Kier alpha value is -9.98. The molecular weight excluding hydrogens is 1420 g/mol. The predicted octanol–water partition coefficient (Wildman–Crippen LogP) is 7.78. The summed E-state index contributed by atoms with van der Waals surface area (Å²) in [4.78, 5) is 86.9. The molecule has 0 radical (unpaired) electrons. The predicted molar refractivity (Wildman–Crippen MR) is 382 cm³/mol. The molecule has 4 fully saturated rings. The lowest BCUT2D eigenvalue weighted by Gasteiger charge is -2.43. The molecule has 10 heterocycles. The van der Waals surface area contributed by atoms with Crippen LogP contribution < -0.4 is 18.9 Å². The van der Waals surface area contributed by atoms with Crippen molar-refractivity contribution in [3.05, 3.63) is 84.7 Å². The van der Waals surface area contributed by atoms with Gasteiger partial charge in [-0.05, 0) is 114 Å². The monoisotopic (exact) mass is 1510 g/mol. The summed E-state index contributed by atoms with van der Waals surface area (Å²) >= 11 is 0. The van der Waals surface area contributed by atoms with Crippen LogP contribution in [-0.4, -0.2) is 238 Å². The third kappa shape index (κ3) is 18.7. The van der Waals surface area contributed by atoms with E-state index in [1.165, 1.54) is 6.92 Å². The lowest BCUT2D eigenvalue weighted by molar-refractivity contribution is -0.310. The fourth-order valence-corrected chi connectivity index (χ4v) is 13.1. The molecule has 14 rings (SSSR count). The molecule has 34 nitrogen and oxygen atoms in total. The fourth-order valence-electron chi connectivity index (χ4n) is 13.1. The van der Waals surface area contributed by atoms with Crippen molar-refractivity contribution in [2.45, 2.75) is 149 Å². The summed E-state index contributed by atoms with van der Waals surface area (Å²) in [5, 5.41) is 11.1. The first-order valence-electron chi connectivity index (χ1n) is 35.8. The minimum absolute atomic E-state index is 0.201. The van der Waals surface area contributed by atoms with Crippen molar-refractivity contribution < 1.29 is 109 Å². The molecule has 4 saturated heterocycles. The maximum absolute atomic E-state index is 12.2. The number of nitrogens with one attached hydrogen (secondary N) is 2. The van der Waals surface area contributed by atoms with Crippen LogP contribution in [0.25, 0.3) is 89.7 Å². The molecule has 4 aromatic carbocycles. The van der Waals surface area contributed by atoms with Gasteiger partial charge >= 0.3 is 23.9 Å². The number of H-pyrrole nitrogens is 2. The molecule has 0 saturated carbocycles. The molecule has 6 aliphatic rings. The second kappa shape index (κ2) is 32.7. The molecule has 6 aliphatic heterocycles. The SMILES string of the molecule is CC(=O)OC[C@H]1O[C@@H](OCc2cn(CCOCCOCCOCCOc3ccc4c(c3)-c3nc-4nc4[nH]c(nc5nc(nc6[nH]c(n3)c3ccc(OCC7COC(C)(C)O7)cc63)-c3ccc(OCC6COC(C)(C)O6)cc3-5)c3ccc(OCC5COC(C)(C)O5)cc43)nn2)[C@H](OC(C)=O)[C@@H](OC(C)=O)[C@H]1OC(C)=O. The number of benzene rings is 4. The Labute approximate surface area is 624 Å². The Bertz CT molecular complexity index is 4820. The van der Waals surface area contributed by atoms with Gasteiger partial charge in [-0.2, -0.15) is 0 Å². The summed E-state index contributed by atoms with van der Waals surface area (Å²) in [7, 11) is 0. The molecule has 8 bridgehead atoms. The number of ether oxygens (including phenoxy) is 19. The first kappa shape index (κ1) is 75.8. The van der Waals surface area contributed by atoms with Crippen LogP contribution >= 0.6 is 0 Å². The zero-order chi connectivity index (χ0) is 76.1. The number of aromatic amines is 2. The van der Waals surface area contributed by atoms with Gasteiger partial charge in [-0.1, -0.05) is 5.21 Å². The van der Waals surface area contributed by atoms with Crippen LogP contribution in [-0.2, 0) is 103 Å². The standard InChI is InChI=1S/C75H85N11O23/c1-40(87)95-39-60-61(103-41(2)88)62(104-42(3)89)63(105-43(4)90)72(106-60)99-32-44-31-86(85-84-44)19-20-91-21-22-92-23-24-93-25-26-94-45-11-15-52-56(27-45)68-76-64(52)78-69-58-29-47(97-34-50-37-101-74(7,8)108-50)13-17-54(58)66(80-69)82-71-59-30-48(98-35-51-38-102-75(9,10)109-51)14-18-55(59)67(83-71)81-70-57-28-46(12-16-53(57)65(77-68)79-70)96-33-49-36-100-73(5,6)107-49/h11-18,27-31,49-51,60-63,72H,19-26,32-39H2,1-10H3,(H2,76,77,78,79,80,81,82,83)/t49?,50?,51?,60-,61+,62+,63-,72-/m1/s1. The van der Waals surface area contributed by atoms with E-state index in [1.807, 2.05) is 114 Å². The summed E-state index contributed by atoms with van der Waals surface area (Å²) in [6, 6.07) is 22.8. The molecule has 578 valence electrons. The third-order valence-electron chi connectivity index (χ3n) is 17.9. The molecule has 8 aromatic rings. The highest BCUT2D eigenvalue weighted by Gasteiger charge is 2.53. The molecule has 8 atom stereocenters.